The average Bonchev–Trinajstić information content (AvgIpc) is 3.34. The largest absolute Gasteiger partial charge is 0.457 e. The van der Waals surface area contributed by atoms with Gasteiger partial charge in [0.15, 0.2) is 0 Å². The van der Waals surface area contributed by atoms with Gasteiger partial charge in [0.2, 0.25) is 5.95 Å². The lowest BCUT2D eigenvalue weighted by molar-refractivity contribution is 0.266. The van der Waals surface area contributed by atoms with E-state index in [4.69, 9.17) is 10.5 Å². The molecule has 0 saturated carbocycles. The SMILES string of the molecule is Nc1nc(Nc2cccc(Oc3ccnc(N4CCC[C@H]4CO)c3)c2)cc(-c2ccccc2)n1. The van der Waals surface area contributed by atoms with Crippen LogP contribution in [-0.2, 0) is 0 Å². The van der Waals surface area contributed by atoms with Crippen molar-refractivity contribution >= 4 is 23.3 Å². The molecule has 34 heavy (non-hydrogen) atoms. The maximum Gasteiger partial charge on any atom is 0.222 e. The minimum Gasteiger partial charge on any atom is -0.457 e. The lowest BCUT2D eigenvalue weighted by Crippen LogP contribution is -2.32. The zero-order valence-corrected chi connectivity index (χ0v) is 18.6. The lowest BCUT2D eigenvalue weighted by atomic mass is 10.1. The fourth-order valence-corrected chi connectivity index (χ4v) is 4.16. The Morgan fingerprint density at radius 2 is 1.85 bits per heavy atom. The number of hydrogen-bond donors (Lipinski definition) is 3. The first-order valence-corrected chi connectivity index (χ1v) is 11.3. The van der Waals surface area contributed by atoms with E-state index in [0.717, 1.165) is 42.1 Å². The highest BCUT2D eigenvalue weighted by Gasteiger charge is 2.25. The van der Waals surface area contributed by atoms with Crippen LogP contribution in [0.4, 0.5) is 23.3 Å². The Labute approximate surface area is 198 Å². The molecule has 0 aliphatic carbocycles. The fraction of sp³-hybridized carbons (Fsp3) is 0.192. The third-order valence-electron chi connectivity index (χ3n) is 5.75. The minimum atomic E-state index is 0.108. The molecule has 1 saturated heterocycles. The normalized spacial score (nSPS) is 15.3. The molecule has 1 atom stereocenters. The van der Waals surface area contributed by atoms with Crippen molar-refractivity contribution in [3.05, 3.63) is 79.0 Å². The molecule has 5 rings (SSSR count). The molecule has 172 valence electrons. The summed E-state index contributed by atoms with van der Waals surface area (Å²) in [7, 11) is 0. The van der Waals surface area contributed by atoms with Crippen LogP contribution in [0.3, 0.4) is 0 Å². The third kappa shape index (κ3) is 4.92. The summed E-state index contributed by atoms with van der Waals surface area (Å²) >= 11 is 0. The van der Waals surface area contributed by atoms with Crippen LogP contribution in [0.2, 0.25) is 0 Å². The highest BCUT2D eigenvalue weighted by Crippen LogP contribution is 2.30. The summed E-state index contributed by atoms with van der Waals surface area (Å²) in [5.74, 6) is 2.96. The van der Waals surface area contributed by atoms with Crippen molar-refractivity contribution in [2.24, 2.45) is 0 Å². The van der Waals surface area contributed by atoms with Gasteiger partial charge < -0.3 is 25.8 Å². The summed E-state index contributed by atoms with van der Waals surface area (Å²) < 4.78 is 6.12. The van der Waals surface area contributed by atoms with Gasteiger partial charge in [0.05, 0.1) is 18.3 Å². The van der Waals surface area contributed by atoms with Crippen molar-refractivity contribution < 1.29 is 9.84 Å². The Balaban J connectivity index is 1.33. The number of anilines is 4. The number of aliphatic hydroxyl groups excluding tert-OH is 1. The molecule has 0 spiro atoms. The van der Waals surface area contributed by atoms with E-state index in [1.54, 1.807) is 6.20 Å². The van der Waals surface area contributed by atoms with Gasteiger partial charge in [-0.1, -0.05) is 36.4 Å². The highest BCUT2D eigenvalue weighted by molar-refractivity contribution is 5.67. The number of nitrogens with two attached hydrogens (primary N) is 1. The van der Waals surface area contributed by atoms with Crippen LogP contribution in [0, 0.1) is 0 Å². The lowest BCUT2D eigenvalue weighted by Gasteiger charge is -2.24. The first-order chi connectivity index (χ1) is 16.7. The van der Waals surface area contributed by atoms with E-state index in [9.17, 15) is 5.11 Å². The number of aliphatic hydroxyl groups is 1. The molecule has 8 nitrogen and oxygen atoms in total. The monoisotopic (exact) mass is 454 g/mol. The number of aromatic nitrogens is 3. The zero-order chi connectivity index (χ0) is 23.3. The van der Waals surface area contributed by atoms with E-state index < -0.39 is 0 Å². The van der Waals surface area contributed by atoms with Crippen LogP contribution < -0.4 is 20.7 Å². The van der Waals surface area contributed by atoms with Crippen molar-refractivity contribution in [2.45, 2.75) is 18.9 Å². The van der Waals surface area contributed by atoms with Crippen molar-refractivity contribution in [1.29, 1.82) is 0 Å². The maximum absolute atomic E-state index is 9.63. The Hall–Kier alpha value is -4.17. The zero-order valence-electron chi connectivity index (χ0n) is 18.6. The molecule has 1 aliphatic rings. The molecule has 0 amide bonds. The number of nitrogen functional groups attached to an aromatic ring is 1. The van der Waals surface area contributed by atoms with Crippen LogP contribution >= 0.6 is 0 Å². The second-order valence-electron chi connectivity index (χ2n) is 8.14. The molecule has 2 aromatic heterocycles. The van der Waals surface area contributed by atoms with Gasteiger partial charge in [-0.05, 0) is 31.0 Å². The Morgan fingerprint density at radius 3 is 2.71 bits per heavy atom. The van der Waals surface area contributed by atoms with E-state index in [2.05, 4.69) is 25.2 Å². The van der Waals surface area contributed by atoms with Gasteiger partial charge in [-0.3, -0.25) is 0 Å². The number of rotatable bonds is 7. The molecule has 1 aliphatic heterocycles. The van der Waals surface area contributed by atoms with E-state index in [1.807, 2.05) is 72.8 Å². The molecule has 2 aromatic carbocycles. The molecule has 4 N–H and O–H groups in total. The number of nitrogens with zero attached hydrogens (tertiary/aromatic N) is 4. The van der Waals surface area contributed by atoms with Gasteiger partial charge in [0.25, 0.3) is 0 Å². The number of ether oxygens (including phenoxy) is 1. The number of pyridine rings is 1. The molecule has 8 heteroatoms. The van der Waals surface area contributed by atoms with Crippen LogP contribution in [0.15, 0.2) is 79.0 Å². The van der Waals surface area contributed by atoms with Gasteiger partial charge in [-0.25, -0.2) is 9.97 Å². The molecule has 4 aromatic rings. The highest BCUT2D eigenvalue weighted by atomic mass is 16.5. The molecular formula is C26H26N6O2. The van der Waals surface area contributed by atoms with Crippen molar-refractivity contribution in [3.8, 4) is 22.8 Å². The van der Waals surface area contributed by atoms with Crippen LogP contribution in [0.5, 0.6) is 11.5 Å². The number of hydrogen-bond acceptors (Lipinski definition) is 8. The first kappa shape index (κ1) is 21.7. The van der Waals surface area contributed by atoms with Crippen LogP contribution in [0.25, 0.3) is 11.3 Å². The molecule has 0 bridgehead atoms. The number of nitrogens with one attached hydrogen (secondary N) is 1. The Kier molecular flexibility index (Phi) is 6.22. The van der Waals surface area contributed by atoms with Gasteiger partial charge in [0.1, 0.15) is 23.1 Å². The van der Waals surface area contributed by atoms with Gasteiger partial charge in [0, 0.05) is 42.2 Å². The van der Waals surface area contributed by atoms with Crippen molar-refractivity contribution in [1.82, 2.24) is 15.0 Å². The number of benzene rings is 2. The Bertz CT molecular complexity index is 1270. The second kappa shape index (κ2) is 9.76. The molecular weight excluding hydrogens is 428 g/mol. The molecule has 0 radical (unpaired) electrons. The van der Waals surface area contributed by atoms with Crippen molar-refractivity contribution in [3.63, 3.8) is 0 Å². The Morgan fingerprint density at radius 1 is 1.00 bits per heavy atom. The predicted molar refractivity (Wildman–Crippen MR) is 133 cm³/mol. The van der Waals surface area contributed by atoms with Crippen molar-refractivity contribution in [2.75, 3.05) is 29.1 Å². The average molecular weight is 455 g/mol. The maximum atomic E-state index is 9.63. The topological polar surface area (TPSA) is 109 Å². The summed E-state index contributed by atoms with van der Waals surface area (Å²) in [5, 5.41) is 12.9. The predicted octanol–water partition coefficient (Wildman–Crippen LogP) is 4.62. The standard InChI is InChI=1S/C26H26N6O2/c27-26-30-23(18-6-2-1-3-7-18)16-24(31-26)29-19-8-4-10-21(14-19)34-22-11-12-28-25(15-22)32-13-5-9-20(32)17-33/h1-4,6-8,10-12,14-16,20,33H,5,9,13,17H2,(H3,27,29,30,31)/t20-/m0/s1. The summed E-state index contributed by atoms with van der Waals surface area (Å²) in [6.07, 6.45) is 3.75. The van der Waals surface area contributed by atoms with Gasteiger partial charge >= 0.3 is 0 Å². The summed E-state index contributed by atoms with van der Waals surface area (Å²) in [4.78, 5) is 15.3. The second-order valence-corrected chi connectivity index (χ2v) is 8.14. The minimum absolute atomic E-state index is 0.108. The van der Waals surface area contributed by atoms with E-state index in [-0.39, 0.29) is 18.6 Å². The summed E-state index contributed by atoms with van der Waals surface area (Å²) in [5.41, 5.74) is 8.48. The molecule has 0 unspecified atom stereocenters. The van der Waals surface area contributed by atoms with E-state index >= 15 is 0 Å². The quantitative estimate of drug-likeness (QED) is 0.371. The smallest absolute Gasteiger partial charge is 0.222 e. The molecule has 1 fully saturated rings. The first-order valence-electron chi connectivity index (χ1n) is 11.3. The van der Waals surface area contributed by atoms with Gasteiger partial charge in [-0.15, -0.1) is 0 Å². The fourth-order valence-electron chi connectivity index (χ4n) is 4.16. The van der Waals surface area contributed by atoms with Gasteiger partial charge in [-0.2, -0.15) is 4.98 Å². The molecule has 3 heterocycles. The van der Waals surface area contributed by atoms with Crippen LogP contribution in [0.1, 0.15) is 12.8 Å². The van der Waals surface area contributed by atoms with E-state index in [1.165, 1.54) is 0 Å². The summed E-state index contributed by atoms with van der Waals surface area (Å²) in [6, 6.07) is 23.2. The summed E-state index contributed by atoms with van der Waals surface area (Å²) in [6.45, 7) is 1.01. The van der Waals surface area contributed by atoms with E-state index in [0.29, 0.717) is 17.3 Å². The third-order valence-corrected chi connectivity index (χ3v) is 5.75. The van der Waals surface area contributed by atoms with Crippen LogP contribution in [-0.4, -0.2) is 39.3 Å².